The molecule has 0 bridgehead atoms. The summed E-state index contributed by atoms with van der Waals surface area (Å²) in [6.07, 6.45) is 0.980. The van der Waals surface area contributed by atoms with Gasteiger partial charge in [-0.1, -0.05) is 39.8 Å². The first kappa shape index (κ1) is 19.9. The minimum absolute atomic E-state index is 0.116. The molecule has 134 valence electrons. The molecule has 0 fully saturated rings. The molecule has 0 radical (unpaired) electrons. The van der Waals surface area contributed by atoms with Crippen LogP contribution in [-0.4, -0.2) is 41.5 Å². The van der Waals surface area contributed by atoms with Crippen LogP contribution in [0.5, 0.6) is 0 Å². The van der Waals surface area contributed by atoms with E-state index in [4.69, 9.17) is 0 Å². The SMILES string of the molecule is CCN(CC)[C@H](CNC(=O)Nc1ccccc1[N+](=O)[O-])CC(C)C. The van der Waals surface area contributed by atoms with Crippen LogP contribution in [-0.2, 0) is 0 Å². The highest BCUT2D eigenvalue weighted by atomic mass is 16.6. The van der Waals surface area contributed by atoms with Crippen molar-refractivity contribution in [1.82, 2.24) is 10.2 Å². The van der Waals surface area contributed by atoms with E-state index in [1.807, 2.05) is 0 Å². The summed E-state index contributed by atoms with van der Waals surface area (Å²) in [5.74, 6) is 0.524. The number of amides is 2. The van der Waals surface area contributed by atoms with Crippen LogP contribution in [0, 0.1) is 16.0 Å². The van der Waals surface area contributed by atoms with Crippen molar-refractivity contribution in [2.75, 3.05) is 25.0 Å². The number of anilines is 1. The molecule has 0 saturated carbocycles. The van der Waals surface area contributed by atoms with Crippen molar-refractivity contribution < 1.29 is 9.72 Å². The van der Waals surface area contributed by atoms with E-state index in [1.165, 1.54) is 12.1 Å². The molecular weight excluding hydrogens is 308 g/mol. The van der Waals surface area contributed by atoms with Gasteiger partial charge >= 0.3 is 6.03 Å². The van der Waals surface area contributed by atoms with Crippen LogP contribution in [0.25, 0.3) is 0 Å². The summed E-state index contributed by atoms with van der Waals surface area (Å²) in [4.78, 5) is 24.9. The van der Waals surface area contributed by atoms with Crippen LogP contribution in [0.4, 0.5) is 16.2 Å². The number of nitro groups is 1. The molecule has 1 atom stereocenters. The monoisotopic (exact) mass is 336 g/mol. The number of para-hydroxylation sites is 2. The predicted molar refractivity (Wildman–Crippen MR) is 96.3 cm³/mol. The summed E-state index contributed by atoms with van der Waals surface area (Å²) in [7, 11) is 0. The Kier molecular flexibility index (Phi) is 8.18. The highest BCUT2D eigenvalue weighted by Gasteiger charge is 2.19. The highest BCUT2D eigenvalue weighted by molar-refractivity contribution is 5.91. The summed E-state index contributed by atoms with van der Waals surface area (Å²) in [5.41, 5.74) is 0.0818. The van der Waals surface area contributed by atoms with Crippen molar-refractivity contribution in [2.45, 2.75) is 40.2 Å². The Labute approximate surface area is 143 Å². The first-order valence-electron chi connectivity index (χ1n) is 8.41. The number of hydrogen-bond donors (Lipinski definition) is 2. The Morgan fingerprint density at radius 2 is 1.88 bits per heavy atom. The second kappa shape index (κ2) is 9.87. The van der Waals surface area contributed by atoms with Gasteiger partial charge in [0.2, 0.25) is 0 Å². The van der Waals surface area contributed by atoms with Gasteiger partial charge < -0.3 is 10.6 Å². The second-order valence-corrected chi connectivity index (χ2v) is 6.11. The molecular formula is C17H28N4O3. The van der Waals surface area contributed by atoms with Gasteiger partial charge in [0, 0.05) is 18.7 Å². The summed E-state index contributed by atoms with van der Waals surface area (Å²) < 4.78 is 0. The number of nitrogens with one attached hydrogen (secondary N) is 2. The number of urea groups is 1. The first-order valence-corrected chi connectivity index (χ1v) is 8.41. The first-order chi connectivity index (χ1) is 11.4. The maximum atomic E-state index is 12.1. The molecule has 24 heavy (non-hydrogen) atoms. The molecule has 1 aromatic rings. The number of carbonyl (C=O) groups excluding carboxylic acids is 1. The van der Waals surface area contributed by atoms with Gasteiger partial charge in [0.1, 0.15) is 5.69 Å². The fourth-order valence-corrected chi connectivity index (χ4v) is 2.76. The van der Waals surface area contributed by atoms with Crippen molar-refractivity contribution in [2.24, 2.45) is 5.92 Å². The molecule has 2 N–H and O–H groups in total. The number of likely N-dealkylation sites (N-methyl/N-ethyl adjacent to an activating group) is 1. The zero-order valence-corrected chi connectivity index (χ0v) is 14.9. The predicted octanol–water partition coefficient (Wildman–Crippen LogP) is 3.47. The normalized spacial score (nSPS) is 12.2. The van der Waals surface area contributed by atoms with Crippen LogP contribution < -0.4 is 10.6 Å². The zero-order chi connectivity index (χ0) is 18.1. The van der Waals surface area contributed by atoms with Crippen LogP contribution in [0.15, 0.2) is 24.3 Å². The maximum absolute atomic E-state index is 12.1. The van der Waals surface area contributed by atoms with Crippen molar-refractivity contribution in [1.29, 1.82) is 0 Å². The van der Waals surface area contributed by atoms with Crippen LogP contribution in [0.2, 0.25) is 0 Å². The van der Waals surface area contributed by atoms with Crippen LogP contribution >= 0.6 is 0 Å². The van der Waals surface area contributed by atoms with Crippen molar-refractivity contribution in [3.8, 4) is 0 Å². The van der Waals surface area contributed by atoms with Gasteiger partial charge in [-0.3, -0.25) is 15.0 Å². The van der Waals surface area contributed by atoms with E-state index >= 15 is 0 Å². The molecule has 0 unspecified atom stereocenters. The molecule has 0 aromatic heterocycles. The largest absolute Gasteiger partial charge is 0.336 e. The van der Waals surface area contributed by atoms with Crippen molar-refractivity contribution in [3.05, 3.63) is 34.4 Å². The fourth-order valence-electron chi connectivity index (χ4n) is 2.76. The van der Waals surface area contributed by atoms with Gasteiger partial charge in [-0.15, -0.1) is 0 Å². The Bertz CT molecular complexity index is 544. The Hall–Kier alpha value is -2.15. The molecule has 0 aliphatic carbocycles. The Morgan fingerprint density at radius 3 is 2.42 bits per heavy atom. The molecule has 1 aromatic carbocycles. The number of rotatable bonds is 9. The molecule has 7 heteroatoms. The second-order valence-electron chi connectivity index (χ2n) is 6.11. The lowest BCUT2D eigenvalue weighted by atomic mass is 10.0. The average Bonchev–Trinajstić information content (AvgIpc) is 2.53. The standard InChI is InChI=1S/C17H28N4O3/c1-5-20(6-2)14(11-13(3)4)12-18-17(22)19-15-9-7-8-10-16(15)21(23)24/h7-10,13-14H,5-6,11-12H2,1-4H3,(H2,18,19,22)/t14-/m0/s1. The van der Waals surface area contributed by atoms with Gasteiger partial charge in [0.15, 0.2) is 0 Å². The summed E-state index contributed by atoms with van der Waals surface area (Å²) in [5, 5.41) is 16.4. The molecule has 2 amide bonds. The average molecular weight is 336 g/mol. The van der Waals surface area contributed by atoms with Crippen molar-refractivity contribution >= 4 is 17.4 Å². The summed E-state index contributed by atoms with van der Waals surface area (Å²) in [6, 6.07) is 5.93. The van der Waals surface area contributed by atoms with E-state index in [9.17, 15) is 14.9 Å². The maximum Gasteiger partial charge on any atom is 0.319 e. The highest BCUT2D eigenvalue weighted by Crippen LogP contribution is 2.22. The lowest BCUT2D eigenvalue weighted by molar-refractivity contribution is -0.383. The summed E-state index contributed by atoms with van der Waals surface area (Å²) >= 11 is 0. The molecule has 0 heterocycles. The lowest BCUT2D eigenvalue weighted by Crippen LogP contribution is -2.45. The number of nitro benzene ring substituents is 1. The number of hydrogen-bond acceptors (Lipinski definition) is 4. The third-order valence-corrected chi connectivity index (χ3v) is 3.92. The number of benzene rings is 1. The minimum atomic E-state index is -0.507. The molecule has 0 aliphatic rings. The quantitative estimate of drug-likeness (QED) is 0.534. The molecule has 1 rings (SSSR count). The minimum Gasteiger partial charge on any atom is -0.336 e. The van der Waals surface area contributed by atoms with Crippen LogP contribution in [0.3, 0.4) is 0 Å². The topological polar surface area (TPSA) is 87.5 Å². The number of carbonyl (C=O) groups is 1. The molecule has 0 aliphatic heterocycles. The third-order valence-electron chi connectivity index (χ3n) is 3.92. The molecule has 0 spiro atoms. The van der Waals surface area contributed by atoms with Gasteiger partial charge in [-0.25, -0.2) is 4.79 Å². The lowest BCUT2D eigenvalue weighted by Gasteiger charge is -2.31. The smallest absolute Gasteiger partial charge is 0.319 e. The Balaban J connectivity index is 2.68. The Morgan fingerprint density at radius 1 is 1.25 bits per heavy atom. The van der Waals surface area contributed by atoms with E-state index in [0.717, 1.165) is 19.5 Å². The zero-order valence-electron chi connectivity index (χ0n) is 14.9. The van der Waals surface area contributed by atoms with Gasteiger partial charge in [-0.2, -0.15) is 0 Å². The third kappa shape index (κ3) is 6.16. The van der Waals surface area contributed by atoms with Gasteiger partial charge in [0.25, 0.3) is 5.69 Å². The van der Waals surface area contributed by atoms with E-state index in [-0.39, 0.29) is 17.4 Å². The number of nitrogens with zero attached hydrogens (tertiary/aromatic N) is 2. The van der Waals surface area contributed by atoms with E-state index in [2.05, 4.69) is 43.2 Å². The fraction of sp³-hybridized carbons (Fsp3) is 0.588. The molecule has 0 saturated heterocycles. The van der Waals surface area contributed by atoms with Crippen LogP contribution in [0.1, 0.15) is 34.1 Å². The van der Waals surface area contributed by atoms with E-state index < -0.39 is 11.0 Å². The van der Waals surface area contributed by atoms with Crippen molar-refractivity contribution in [3.63, 3.8) is 0 Å². The van der Waals surface area contributed by atoms with E-state index in [0.29, 0.717) is 12.5 Å². The van der Waals surface area contributed by atoms with Gasteiger partial charge in [-0.05, 0) is 31.5 Å². The van der Waals surface area contributed by atoms with E-state index in [1.54, 1.807) is 12.1 Å². The summed E-state index contributed by atoms with van der Waals surface area (Å²) in [6.45, 7) is 10.9. The van der Waals surface area contributed by atoms with Gasteiger partial charge in [0.05, 0.1) is 4.92 Å². The molecule has 7 nitrogen and oxygen atoms in total.